The van der Waals surface area contributed by atoms with Crippen LogP contribution in [0.2, 0.25) is 0 Å². The number of carbonyl (C=O) groups is 1. The maximum Gasteiger partial charge on any atom is 0.163 e. The van der Waals surface area contributed by atoms with E-state index in [2.05, 4.69) is 18.9 Å². The summed E-state index contributed by atoms with van der Waals surface area (Å²) >= 11 is 0. The van der Waals surface area contributed by atoms with Gasteiger partial charge in [0, 0.05) is 12.5 Å². The molecule has 2 unspecified atom stereocenters. The van der Waals surface area contributed by atoms with Gasteiger partial charge >= 0.3 is 0 Å². The standard InChI is InChI=1S/C16H23NO2/c1-12(18)15-8-4-5-9-16(15)19-13(2)14-7-6-10-17(3)11-14/h4-5,8-9,13-14H,6-7,10-11H2,1-3H3. The van der Waals surface area contributed by atoms with Crippen molar-refractivity contribution in [2.75, 3.05) is 20.1 Å². The number of benzene rings is 1. The van der Waals surface area contributed by atoms with Crippen molar-refractivity contribution in [3.8, 4) is 5.75 Å². The van der Waals surface area contributed by atoms with Crippen LogP contribution >= 0.6 is 0 Å². The van der Waals surface area contributed by atoms with Gasteiger partial charge in [-0.2, -0.15) is 0 Å². The van der Waals surface area contributed by atoms with Crippen molar-refractivity contribution in [1.82, 2.24) is 4.90 Å². The number of nitrogens with zero attached hydrogens (tertiary/aromatic N) is 1. The predicted molar refractivity (Wildman–Crippen MR) is 76.8 cm³/mol. The lowest BCUT2D eigenvalue weighted by molar-refractivity contribution is 0.0871. The first-order chi connectivity index (χ1) is 9.08. The van der Waals surface area contributed by atoms with Crippen molar-refractivity contribution in [1.29, 1.82) is 0 Å². The van der Waals surface area contributed by atoms with E-state index in [1.807, 2.05) is 24.3 Å². The third-order valence-corrected chi connectivity index (χ3v) is 3.90. The summed E-state index contributed by atoms with van der Waals surface area (Å²) in [4.78, 5) is 13.9. The second-order valence-corrected chi connectivity index (χ2v) is 5.54. The normalized spacial score (nSPS) is 21.9. The Hall–Kier alpha value is -1.35. The van der Waals surface area contributed by atoms with E-state index in [1.165, 1.54) is 19.4 Å². The lowest BCUT2D eigenvalue weighted by Crippen LogP contribution is -2.39. The van der Waals surface area contributed by atoms with Gasteiger partial charge in [-0.1, -0.05) is 12.1 Å². The highest BCUT2D eigenvalue weighted by atomic mass is 16.5. The Kier molecular flexibility index (Phi) is 4.59. The van der Waals surface area contributed by atoms with Crippen molar-refractivity contribution in [3.05, 3.63) is 29.8 Å². The molecule has 0 bridgehead atoms. The van der Waals surface area contributed by atoms with Crippen LogP contribution in [0, 0.1) is 5.92 Å². The number of hydrogen-bond acceptors (Lipinski definition) is 3. The van der Waals surface area contributed by atoms with Crippen molar-refractivity contribution in [3.63, 3.8) is 0 Å². The Morgan fingerprint density at radius 2 is 2.16 bits per heavy atom. The van der Waals surface area contributed by atoms with Crippen molar-refractivity contribution < 1.29 is 9.53 Å². The molecule has 0 radical (unpaired) electrons. The smallest absolute Gasteiger partial charge is 0.163 e. The Morgan fingerprint density at radius 1 is 1.42 bits per heavy atom. The number of carbonyl (C=O) groups excluding carboxylic acids is 1. The molecule has 0 saturated carbocycles. The predicted octanol–water partition coefficient (Wildman–Crippen LogP) is 3.00. The third-order valence-electron chi connectivity index (χ3n) is 3.90. The lowest BCUT2D eigenvalue weighted by Gasteiger charge is -2.33. The Bertz CT molecular complexity index is 444. The van der Waals surface area contributed by atoms with Gasteiger partial charge < -0.3 is 9.64 Å². The van der Waals surface area contributed by atoms with Crippen LogP contribution in [-0.2, 0) is 0 Å². The number of ether oxygens (including phenoxy) is 1. The zero-order valence-corrected chi connectivity index (χ0v) is 12.1. The van der Waals surface area contributed by atoms with Crippen LogP contribution in [0.5, 0.6) is 5.75 Å². The van der Waals surface area contributed by atoms with Gasteiger partial charge in [-0.25, -0.2) is 0 Å². The highest BCUT2D eigenvalue weighted by Gasteiger charge is 2.24. The molecule has 0 N–H and O–H groups in total. The van der Waals surface area contributed by atoms with Crippen LogP contribution < -0.4 is 4.74 Å². The van der Waals surface area contributed by atoms with Crippen LogP contribution in [0.15, 0.2) is 24.3 Å². The zero-order valence-electron chi connectivity index (χ0n) is 12.1. The van der Waals surface area contributed by atoms with E-state index < -0.39 is 0 Å². The highest BCUT2D eigenvalue weighted by Crippen LogP contribution is 2.25. The Balaban J connectivity index is 2.06. The molecular weight excluding hydrogens is 238 g/mol. The van der Waals surface area contributed by atoms with Crippen molar-refractivity contribution in [2.24, 2.45) is 5.92 Å². The summed E-state index contributed by atoms with van der Waals surface area (Å²) in [5.41, 5.74) is 0.679. The molecule has 0 amide bonds. The summed E-state index contributed by atoms with van der Waals surface area (Å²) in [6, 6.07) is 7.52. The SMILES string of the molecule is CC(=O)c1ccccc1OC(C)C1CCCN(C)C1. The molecule has 2 rings (SSSR count). The molecule has 1 aliphatic heterocycles. The molecule has 1 saturated heterocycles. The molecular formula is C16H23NO2. The fraction of sp³-hybridized carbons (Fsp3) is 0.562. The number of ketones is 1. The van der Waals surface area contributed by atoms with Crippen LogP contribution in [0.25, 0.3) is 0 Å². The number of likely N-dealkylation sites (tertiary alicyclic amines) is 1. The highest BCUT2D eigenvalue weighted by molar-refractivity contribution is 5.96. The average molecular weight is 261 g/mol. The molecule has 1 fully saturated rings. The summed E-state index contributed by atoms with van der Waals surface area (Å²) in [5, 5.41) is 0. The van der Waals surface area contributed by atoms with Gasteiger partial charge in [0.2, 0.25) is 0 Å². The fourth-order valence-corrected chi connectivity index (χ4v) is 2.75. The lowest BCUT2D eigenvalue weighted by atomic mass is 9.93. The monoisotopic (exact) mass is 261 g/mol. The minimum atomic E-state index is 0.0589. The molecule has 104 valence electrons. The van der Waals surface area contributed by atoms with Crippen molar-refractivity contribution in [2.45, 2.75) is 32.8 Å². The maximum absolute atomic E-state index is 11.6. The number of rotatable bonds is 4. The first-order valence-electron chi connectivity index (χ1n) is 7.03. The summed E-state index contributed by atoms with van der Waals surface area (Å²) in [7, 11) is 2.16. The molecule has 0 aromatic heterocycles. The third kappa shape index (κ3) is 3.57. The summed E-state index contributed by atoms with van der Waals surface area (Å²) in [6.45, 7) is 5.94. The van der Waals surface area contributed by atoms with Gasteiger partial charge in [0.25, 0.3) is 0 Å². The molecule has 1 aromatic carbocycles. The summed E-state index contributed by atoms with van der Waals surface area (Å²) in [6.07, 6.45) is 2.57. The van der Waals surface area contributed by atoms with E-state index in [-0.39, 0.29) is 11.9 Å². The van der Waals surface area contributed by atoms with E-state index in [0.29, 0.717) is 11.5 Å². The second kappa shape index (κ2) is 6.20. The first-order valence-corrected chi connectivity index (χ1v) is 7.03. The topological polar surface area (TPSA) is 29.5 Å². The molecule has 0 spiro atoms. The molecule has 1 aromatic rings. The van der Waals surface area contributed by atoms with Crippen LogP contribution in [0.1, 0.15) is 37.0 Å². The van der Waals surface area contributed by atoms with Gasteiger partial charge in [0.1, 0.15) is 5.75 Å². The average Bonchev–Trinajstić information content (AvgIpc) is 2.39. The molecule has 19 heavy (non-hydrogen) atoms. The first kappa shape index (κ1) is 14.1. The molecule has 1 aliphatic rings. The summed E-state index contributed by atoms with van der Waals surface area (Å²) < 4.78 is 6.05. The molecule has 0 aliphatic carbocycles. The number of Topliss-reactive ketones (excluding diaryl/α,β-unsaturated/α-hetero) is 1. The molecule has 2 atom stereocenters. The van der Waals surface area contributed by atoms with Crippen LogP contribution in [-0.4, -0.2) is 36.9 Å². The van der Waals surface area contributed by atoms with Gasteiger partial charge in [0.15, 0.2) is 5.78 Å². The maximum atomic E-state index is 11.6. The second-order valence-electron chi connectivity index (χ2n) is 5.54. The Labute approximate surface area is 115 Å². The van der Waals surface area contributed by atoms with E-state index in [9.17, 15) is 4.79 Å². The van der Waals surface area contributed by atoms with Gasteiger partial charge in [-0.3, -0.25) is 4.79 Å². The minimum Gasteiger partial charge on any atom is -0.490 e. The molecule has 3 heteroatoms. The Morgan fingerprint density at radius 3 is 2.84 bits per heavy atom. The zero-order chi connectivity index (χ0) is 13.8. The molecule has 1 heterocycles. The van der Waals surface area contributed by atoms with E-state index in [1.54, 1.807) is 6.92 Å². The molecule has 3 nitrogen and oxygen atoms in total. The van der Waals surface area contributed by atoms with Crippen LogP contribution in [0.3, 0.4) is 0 Å². The van der Waals surface area contributed by atoms with Crippen LogP contribution in [0.4, 0.5) is 0 Å². The fourth-order valence-electron chi connectivity index (χ4n) is 2.75. The van der Waals surface area contributed by atoms with Gasteiger partial charge in [0.05, 0.1) is 11.7 Å². The van der Waals surface area contributed by atoms with E-state index >= 15 is 0 Å². The van der Waals surface area contributed by atoms with Gasteiger partial charge in [-0.05, 0) is 52.4 Å². The number of piperidine rings is 1. The van der Waals surface area contributed by atoms with Crippen molar-refractivity contribution >= 4 is 5.78 Å². The van der Waals surface area contributed by atoms with Gasteiger partial charge in [-0.15, -0.1) is 0 Å². The van der Waals surface area contributed by atoms with E-state index in [4.69, 9.17) is 4.74 Å². The summed E-state index contributed by atoms with van der Waals surface area (Å²) in [5.74, 6) is 1.32. The number of hydrogen-bond donors (Lipinski definition) is 0. The van der Waals surface area contributed by atoms with E-state index in [0.717, 1.165) is 12.3 Å². The largest absolute Gasteiger partial charge is 0.490 e. The quantitative estimate of drug-likeness (QED) is 0.780. The number of para-hydroxylation sites is 1. The minimum absolute atomic E-state index is 0.0589.